The van der Waals surface area contributed by atoms with Gasteiger partial charge in [0.25, 0.3) is 0 Å². The Kier molecular flexibility index (Phi) is 5.36. The zero-order valence-corrected chi connectivity index (χ0v) is 11.6. The van der Waals surface area contributed by atoms with E-state index in [0.717, 1.165) is 45.0 Å². The number of amides is 1. The fourth-order valence-electron chi connectivity index (χ4n) is 2.27. The van der Waals surface area contributed by atoms with Crippen LogP contribution in [0.15, 0.2) is 24.3 Å². The zero-order chi connectivity index (χ0) is 13.5. The molecule has 1 amide bonds. The van der Waals surface area contributed by atoms with Crippen molar-refractivity contribution in [3.63, 3.8) is 0 Å². The molecule has 0 atom stereocenters. The van der Waals surface area contributed by atoms with Crippen LogP contribution in [-0.4, -0.2) is 38.8 Å². The largest absolute Gasteiger partial charge is 0.370 e. The Balaban J connectivity index is 1.65. The van der Waals surface area contributed by atoms with Crippen molar-refractivity contribution in [3.8, 4) is 0 Å². The van der Waals surface area contributed by atoms with Gasteiger partial charge in [0.05, 0.1) is 19.8 Å². The molecule has 0 saturated carbocycles. The molecule has 1 fully saturated rings. The van der Waals surface area contributed by atoms with Gasteiger partial charge in [-0.05, 0) is 19.1 Å². The van der Waals surface area contributed by atoms with Gasteiger partial charge in [-0.25, -0.2) is 0 Å². The first-order valence-corrected chi connectivity index (χ1v) is 7.02. The molecular weight excluding hydrogens is 240 g/mol. The minimum Gasteiger partial charge on any atom is -0.370 e. The van der Waals surface area contributed by atoms with Crippen LogP contribution in [0.2, 0.25) is 0 Å². The molecule has 1 aromatic rings. The number of rotatable bonds is 5. The summed E-state index contributed by atoms with van der Waals surface area (Å²) in [6, 6.07) is 7.90. The first kappa shape index (κ1) is 14.0. The number of hydrogen-bond donors (Lipinski definition) is 2. The Hall–Kier alpha value is -1.39. The Bertz CT molecular complexity index is 397. The Labute approximate surface area is 114 Å². The molecule has 1 saturated heterocycles. The average molecular weight is 263 g/mol. The number of benzene rings is 1. The van der Waals surface area contributed by atoms with Crippen LogP contribution in [0, 0.1) is 6.92 Å². The number of quaternary nitrogens is 1. The second-order valence-corrected chi connectivity index (χ2v) is 5.13. The number of ether oxygens (including phenoxy) is 1. The smallest absolute Gasteiger partial charge is 0.224 e. The van der Waals surface area contributed by atoms with Crippen LogP contribution in [0.25, 0.3) is 0 Å². The van der Waals surface area contributed by atoms with Gasteiger partial charge in [0.2, 0.25) is 5.91 Å². The highest BCUT2D eigenvalue weighted by atomic mass is 16.5. The molecule has 0 unspecified atom stereocenters. The molecule has 19 heavy (non-hydrogen) atoms. The maximum Gasteiger partial charge on any atom is 0.224 e. The summed E-state index contributed by atoms with van der Waals surface area (Å²) in [5, 5.41) is 2.93. The molecule has 4 heteroatoms. The fraction of sp³-hybridized carbons (Fsp3) is 0.533. The van der Waals surface area contributed by atoms with Gasteiger partial charge in [0, 0.05) is 18.5 Å². The third-order valence-corrected chi connectivity index (χ3v) is 3.47. The normalized spacial score (nSPS) is 16.3. The quantitative estimate of drug-likeness (QED) is 0.818. The van der Waals surface area contributed by atoms with Crippen LogP contribution < -0.4 is 10.2 Å². The topological polar surface area (TPSA) is 42.8 Å². The van der Waals surface area contributed by atoms with Gasteiger partial charge in [0.1, 0.15) is 13.1 Å². The van der Waals surface area contributed by atoms with Crippen LogP contribution in [0.4, 0.5) is 5.69 Å². The molecule has 1 aromatic carbocycles. The highest BCUT2D eigenvalue weighted by Crippen LogP contribution is 2.08. The van der Waals surface area contributed by atoms with Crippen molar-refractivity contribution >= 4 is 11.6 Å². The Morgan fingerprint density at radius 1 is 1.26 bits per heavy atom. The summed E-state index contributed by atoms with van der Waals surface area (Å²) in [6.45, 7) is 6.94. The standard InChI is InChI=1S/C15H22N2O2/c1-13-4-6-14(7-5-13)16-15(18)3-2-8-17-9-11-19-12-10-17/h4-7H,2-3,8-12H2,1H3,(H,16,18)/p+1. The lowest BCUT2D eigenvalue weighted by molar-refractivity contribution is -0.908. The van der Waals surface area contributed by atoms with Gasteiger partial charge >= 0.3 is 0 Å². The van der Waals surface area contributed by atoms with Gasteiger partial charge in [0.15, 0.2) is 0 Å². The molecule has 0 spiro atoms. The number of nitrogens with one attached hydrogen (secondary N) is 2. The van der Waals surface area contributed by atoms with Gasteiger partial charge in [-0.15, -0.1) is 0 Å². The number of anilines is 1. The predicted octanol–water partition coefficient (Wildman–Crippen LogP) is 0.629. The fourth-order valence-corrected chi connectivity index (χ4v) is 2.27. The van der Waals surface area contributed by atoms with E-state index in [1.54, 1.807) is 4.90 Å². The number of hydrogen-bond acceptors (Lipinski definition) is 2. The summed E-state index contributed by atoms with van der Waals surface area (Å²) in [5.74, 6) is 0.108. The van der Waals surface area contributed by atoms with Crippen molar-refractivity contribution in [2.45, 2.75) is 19.8 Å². The third-order valence-electron chi connectivity index (χ3n) is 3.47. The van der Waals surface area contributed by atoms with Crippen molar-refractivity contribution < 1.29 is 14.4 Å². The van der Waals surface area contributed by atoms with Gasteiger partial charge in [-0.1, -0.05) is 17.7 Å². The van der Waals surface area contributed by atoms with E-state index < -0.39 is 0 Å². The number of aryl methyl sites for hydroxylation is 1. The van der Waals surface area contributed by atoms with Crippen LogP contribution >= 0.6 is 0 Å². The molecule has 1 aliphatic rings. The first-order chi connectivity index (χ1) is 9.24. The average Bonchev–Trinajstić information content (AvgIpc) is 2.43. The maximum atomic E-state index is 11.8. The summed E-state index contributed by atoms with van der Waals surface area (Å²) >= 11 is 0. The minimum atomic E-state index is 0.108. The second kappa shape index (κ2) is 7.26. The van der Waals surface area contributed by atoms with E-state index in [0.29, 0.717) is 6.42 Å². The summed E-state index contributed by atoms with van der Waals surface area (Å²) in [4.78, 5) is 13.3. The highest BCUT2D eigenvalue weighted by Gasteiger charge is 2.13. The summed E-state index contributed by atoms with van der Waals surface area (Å²) in [7, 11) is 0. The Morgan fingerprint density at radius 2 is 1.95 bits per heavy atom. The lowest BCUT2D eigenvalue weighted by Gasteiger charge is -2.23. The van der Waals surface area contributed by atoms with Crippen molar-refractivity contribution in [1.82, 2.24) is 0 Å². The van der Waals surface area contributed by atoms with E-state index in [-0.39, 0.29) is 5.91 Å². The van der Waals surface area contributed by atoms with Crippen LogP contribution in [-0.2, 0) is 9.53 Å². The molecule has 2 N–H and O–H groups in total. The van der Waals surface area contributed by atoms with Gasteiger partial charge in [-0.3, -0.25) is 4.79 Å². The predicted molar refractivity (Wildman–Crippen MR) is 75.4 cm³/mol. The third kappa shape index (κ3) is 5.01. The molecule has 4 nitrogen and oxygen atoms in total. The lowest BCUT2D eigenvalue weighted by Crippen LogP contribution is -3.14. The van der Waals surface area contributed by atoms with E-state index in [1.807, 2.05) is 31.2 Å². The molecule has 0 bridgehead atoms. The molecule has 1 aliphatic heterocycles. The second-order valence-electron chi connectivity index (χ2n) is 5.13. The number of carbonyl (C=O) groups excluding carboxylic acids is 1. The van der Waals surface area contributed by atoms with Crippen molar-refractivity contribution in [1.29, 1.82) is 0 Å². The van der Waals surface area contributed by atoms with E-state index in [2.05, 4.69) is 5.32 Å². The summed E-state index contributed by atoms with van der Waals surface area (Å²) < 4.78 is 5.32. The van der Waals surface area contributed by atoms with Gasteiger partial charge < -0.3 is 15.0 Å². The van der Waals surface area contributed by atoms with E-state index >= 15 is 0 Å². The Morgan fingerprint density at radius 3 is 2.63 bits per heavy atom. The minimum absolute atomic E-state index is 0.108. The van der Waals surface area contributed by atoms with E-state index in [1.165, 1.54) is 5.56 Å². The van der Waals surface area contributed by atoms with Crippen LogP contribution in [0.3, 0.4) is 0 Å². The lowest BCUT2D eigenvalue weighted by atomic mass is 10.2. The highest BCUT2D eigenvalue weighted by molar-refractivity contribution is 5.90. The van der Waals surface area contributed by atoms with Crippen molar-refractivity contribution in [2.75, 3.05) is 38.2 Å². The molecule has 0 aliphatic carbocycles. The molecular formula is C15H23N2O2+. The van der Waals surface area contributed by atoms with Crippen LogP contribution in [0.5, 0.6) is 0 Å². The monoisotopic (exact) mass is 263 g/mol. The molecule has 1 heterocycles. The maximum absolute atomic E-state index is 11.8. The summed E-state index contributed by atoms with van der Waals surface area (Å²) in [6.07, 6.45) is 1.53. The van der Waals surface area contributed by atoms with Crippen molar-refractivity contribution in [2.24, 2.45) is 0 Å². The van der Waals surface area contributed by atoms with E-state index in [9.17, 15) is 4.79 Å². The number of carbonyl (C=O) groups is 1. The molecule has 0 aromatic heterocycles. The number of morpholine rings is 1. The van der Waals surface area contributed by atoms with Gasteiger partial charge in [-0.2, -0.15) is 0 Å². The molecule has 2 rings (SSSR count). The molecule has 0 radical (unpaired) electrons. The molecule has 104 valence electrons. The SMILES string of the molecule is Cc1ccc(NC(=O)CCC[NH+]2CCOCC2)cc1. The summed E-state index contributed by atoms with van der Waals surface area (Å²) in [5.41, 5.74) is 2.09. The van der Waals surface area contributed by atoms with E-state index in [4.69, 9.17) is 4.74 Å². The van der Waals surface area contributed by atoms with Crippen LogP contribution in [0.1, 0.15) is 18.4 Å². The zero-order valence-electron chi connectivity index (χ0n) is 11.6. The first-order valence-electron chi connectivity index (χ1n) is 7.02. The van der Waals surface area contributed by atoms with Crippen molar-refractivity contribution in [3.05, 3.63) is 29.8 Å².